The van der Waals surface area contributed by atoms with E-state index in [1.165, 1.54) is 57.4 Å². The zero-order valence-corrected chi connectivity index (χ0v) is 17.5. The molecule has 0 N–H and O–H groups in total. The number of halogens is 3. The summed E-state index contributed by atoms with van der Waals surface area (Å²) < 4.78 is 54.4. The van der Waals surface area contributed by atoms with Crippen molar-refractivity contribution >= 4 is 0 Å². The molecule has 0 saturated heterocycles. The molecule has 2 aliphatic rings. The van der Waals surface area contributed by atoms with Crippen molar-refractivity contribution in [3.8, 4) is 17.2 Å². The van der Waals surface area contributed by atoms with Gasteiger partial charge in [0.2, 0.25) is 0 Å². The van der Waals surface area contributed by atoms with Gasteiger partial charge in [-0.05, 0) is 56.6 Å². The normalized spacial score (nSPS) is 18.7. The molecule has 30 heavy (non-hydrogen) atoms. The summed E-state index contributed by atoms with van der Waals surface area (Å²) in [4.78, 5) is 0. The third-order valence-electron chi connectivity index (χ3n) is 5.82. The number of ether oxygens (including phenoxy) is 3. The highest BCUT2D eigenvalue weighted by Gasteiger charge is 2.34. The summed E-state index contributed by atoms with van der Waals surface area (Å²) in [6.07, 6.45) is 12.9. The average Bonchev–Trinajstić information content (AvgIpc) is 3.39. The van der Waals surface area contributed by atoms with E-state index in [0.717, 1.165) is 0 Å². The largest absolute Gasteiger partial charge is 0.573 e. The first-order valence-electron chi connectivity index (χ1n) is 10.9. The van der Waals surface area contributed by atoms with Crippen LogP contribution in [0.1, 0.15) is 56.9 Å². The van der Waals surface area contributed by atoms with Crippen molar-refractivity contribution in [2.75, 3.05) is 13.2 Å². The first kappa shape index (κ1) is 22.6. The topological polar surface area (TPSA) is 27.7 Å². The van der Waals surface area contributed by atoms with E-state index in [-0.39, 0.29) is 23.7 Å². The first-order valence-corrected chi connectivity index (χ1v) is 10.9. The Labute approximate surface area is 176 Å². The standard InChI is InChI=1S/C24H31F3O3/c1-18-21(28-16-6-12-19-8-2-3-9-19)14-15-22(23(18)30-24(25,26)27)29-17-7-13-20-10-4-5-11-20/h6-7,12-15,19-20H,2-5,8-11,16-17H2,1H3/b12-6+,13-7+. The highest BCUT2D eigenvalue weighted by Crippen LogP contribution is 2.40. The molecule has 6 heteroatoms. The molecule has 0 unspecified atom stereocenters. The van der Waals surface area contributed by atoms with Crippen LogP contribution in [-0.4, -0.2) is 19.6 Å². The minimum atomic E-state index is -4.80. The summed E-state index contributed by atoms with van der Waals surface area (Å²) in [6, 6.07) is 3.12. The van der Waals surface area contributed by atoms with Crippen molar-refractivity contribution in [2.24, 2.45) is 11.8 Å². The highest BCUT2D eigenvalue weighted by molar-refractivity contribution is 5.53. The van der Waals surface area contributed by atoms with Crippen molar-refractivity contribution in [3.05, 3.63) is 42.0 Å². The molecular weight excluding hydrogens is 393 g/mol. The van der Waals surface area contributed by atoms with E-state index >= 15 is 0 Å². The highest BCUT2D eigenvalue weighted by atomic mass is 19.4. The predicted octanol–water partition coefficient (Wildman–Crippen LogP) is 7.14. The predicted molar refractivity (Wildman–Crippen MR) is 111 cm³/mol. The van der Waals surface area contributed by atoms with Crippen LogP contribution in [0.25, 0.3) is 0 Å². The zero-order valence-electron chi connectivity index (χ0n) is 17.5. The summed E-state index contributed by atoms with van der Waals surface area (Å²) >= 11 is 0. The molecule has 2 fully saturated rings. The van der Waals surface area contributed by atoms with Gasteiger partial charge in [-0.1, -0.05) is 50.0 Å². The molecular formula is C24H31F3O3. The number of benzene rings is 1. The van der Waals surface area contributed by atoms with Gasteiger partial charge in [0, 0.05) is 5.56 Å². The Bertz CT molecular complexity index is 728. The molecule has 0 spiro atoms. The quantitative estimate of drug-likeness (QED) is 0.394. The third-order valence-corrected chi connectivity index (χ3v) is 5.82. The minimum Gasteiger partial charge on any atom is -0.489 e. The van der Waals surface area contributed by atoms with Gasteiger partial charge in [0.1, 0.15) is 19.0 Å². The van der Waals surface area contributed by atoms with Gasteiger partial charge < -0.3 is 14.2 Å². The second-order valence-corrected chi connectivity index (χ2v) is 8.13. The van der Waals surface area contributed by atoms with Crippen molar-refractivity contribution in [1.29, 1.82) is 0 Å². The van der Waals surface area contributed by atoms with Gasteiger partial charge in [-0.3, -0.25) is 0 Å². The number of rotatable bonds is 9. The third kappa shape index (κ3) is 6.99. The van der Waals surface area contributed by atoms with Crippen LogP contribution in [0.5, 0.6) is 17.2 Å². The maximum absolute atomic E-state index is 13.0. The van der Waals surface area contributed by atoms with Crippen molar-refractivity contribution in [1.82, 2.24) is 0 Å². The fraction of sp³-hybridized carbons (Fsp3) is 0.583. The molecule has 0 aliphatic heterocycles. The van der Waals surface area contributed by atoms with Crippen LogP contribution in [0.2, 0.25) is 0 Å². The van der Waals surface area contributed by atoms with Gasteiger partial charge in [-0.25, -0.2) is 0 Å². The minimum absolute atomic E-state index is 0.0646. The molecule has 1 aromatic carbocycles. The maximum atomic E-state index is 13.0. The number of hydrogen-bond donors (Lipinski definition) is 0. The Kier molecular flexibility index (Phi) is 8.11. The van der Waals surface area contributed by atoms with Gasteiger partial charge in [0.15, 0.2) is 11.5 Å². The first-order chi connectivity index (χ1) is 14.4. The smallest absolute Gasteiger partial charge is 0.489 e. The van der Waals surface area contributed by atoms with Crippen molar-refractivity contribution in [3.63, 3.8) is 0 Å². The summed E-state index contributed by atoms with van der Waals surface area (Å²) in [6.45, 7) is 2.07. The molecule has 0 aromatic heterocycles. The van der Waals surface area contributed by atoms with Crippen molar-refractivity contribution in [2.45, 2.75) is 64.7 Å². The lowest BCUT2D eigenvalue weighted by molar-refractivity contribution is -0.275. The Morgan fingerprint density at radius 3 is 1.80 bits per heavy atom. The second-order valence-electron chi connectivity index (χ2n) is 8.13. The molecule has 0 amide bonds. The molecule has 3 nitrogen and oxygen atoms in total. The van der Waals surface area contributed by atoms with Crippen LogP contribution in [-0.2, 0) is 0 Å². The molecule has 3 rings (SSSR count). The SMILES string of the molecule is Cc1c(OC/C=C/C2CCCC2)ccc(OC/C=C/C2CCCC2)c1OC(F)(F)F. The number of hydrogen-bond acceptors (Lipinski definition) is 3. The molecule has 0 radical (unpaired) electrons. The van der Waals surface area contributed by atoms with Crippen LogP contribution in [0, 0.1) is 18.8 Å². The summed E-state index contributed by atoms with van der Waals surface area (Å²) in [5.74, 6) is 1.23. The lowest BCUT2D eigenvalue weighted by Gasteiger charge is -2.18. The molecule has 166 valence electrons. The van der Waals surface area contributed by atoms with E-state index in [4.69, 9.17) is 9.47 Å². The van der Waals surface area contributed by atoms with Crippen LogP contribution >= 0.6 is 0 Å². The summed E-state index contributed by atoms with van der Waals surface area (Å²) in [7, 11) is 0. The number of alkyl halides is 3. The molecule has 0 bridgehead atoms. The van der Waals surface area contributed by atoms with E-state index in [9.17, 15) is 13.2 Å². The summed E-state index contributed by atoms with van der Waals surface area (Å²) in [5, 5.41) is 0. The lowest BCUT2D eigenvalue weighted by atomic mass is 10.1. The molecule has 2 saturated carbocycles. The van der Waals surface area contributed by atoms with Gasteiger partial charge in [-0.2, -0.15) is 0 Å². The van der Waals surface area contributed by atoms with Crippen LogP contribution < -0.4 is 14.2 Å². The monoisotopic (exact) mass is 424 g/mol. The molecule has 0 atom stereocenters. The molecule has 2 aliphatic carbocycles. The second kappa shape index (κ2) is 10.8. The zero-order chi connectivity index (χ0) is 21.4. The van der Waals surface area contributed by atoms with Crippen molar-refractivity contribution < 1.29 is 27.4 Å². The van der Waals surface area contributed by atoms with Crippen LogP contribution in [0.3, 0.4) is 0 Å². The number of allylic oxidation sites excluding steroid dienone is 2. The fourth-order valence-electron chi connectivity index (χ4n) is 4.23. The van der Waals surface area contributed by atoms with E-state index < -0.39 is 6.36 Å². The Hall–Kier alpha value is -2.11. The van der Waals surface area contributed by atoms with E-state index in [2.05, 4.69) is 16.9 Å². The maximum Gasteiger partial charge on any atom is 0.573 e. The molecule has 0 heterocycles. The van der Waals surface area contributed by atoms with Gasteiger partial charge in [-0.15, -0.1) is 13.2 Å². The van der Waals surface area contributed by atoms with Crippen LogP contribution in [0.15, 0.2) is 36.4 Å². The van der Waals surface area contributed by atoms with E-state index in [1.54, 1.807) is 13.0 Å². The Balaban J connectivity index is 1.63. The molecule has 1 aromatic rings. The van der Waals surface area contributed by atoms with Gasteiger partial charge >= 0.3 is 6.36 Å². The Morgan fingerprint density at radius 2 is 1.30 bits per heavy atom. The Morgan fingerprint density at radius 1 is 0.833 bits per heavy atom. The van der Waals surface area contributed by atoms with Gasteiger partial charge in [0.25, 0.3) is 0 Å². The average molecular weight is 425 g/mol. The van der Waals surface area contributed by atoms with E-state index in [1.807, 2.05) is 12.2 Å². The van der Waals surface area contributed by atoms with Gasteiger partial charge in [0.05, 0.1) is 0 Å². The van der Waals surface area contributed by atoms with Crippen LogP contribution in [0.4, 0.5) is 13.2 Å². The fourth-order valence-corrected chi connectivity index (χ4v) is 4.23. The summed E-state index contributed by atoms with van der Waals surface area (Å²) in [5.41, 5.74) is 0.277. The van der Waals surface area contributed by atoms with E-state index in [0.29, 0.717) is 24.2 Å². The lowest BCUT2D eigenvalue weighted by Crippen LogP contribution is -2.19.